The summed E-state index contributed by atoms with van der Waals surface area (Å²) in [5.74, 6) is 0. The van der Waals surface area contributed by atoms with Crippen molar-refractivity contribution < 1.29 is 4.79 Å². The zero-order valence-corrected chi connectivity index (χ0v) is 9.95. The first-order valence-corrected chi connectivity index (χ1v) is 6.17. The van der Waals surface area contributed by atoms with Gasteiger partial charge >= 0.3 is 0 Å². The van der Waals surface area contributed by atoms with Crippen LogP contribution in [-0.4, -0.2) is 6.29 Å². The van der Waals surface area contributed by atoms with Crippen LogP contribution in [0, 0.1) is 0 Å². The van der Waals surface area contributed by atoms with Crippen LogP contribution in [-0.2, 0) is 4.79 Å². The van der Waals surface area contributed by atoms with Crippen molar-refractivity contribution in [2.24, 2.45) is 0 Å². The molecule has 0 heterocycles. The highest BCUT2D eigenvalue weighted by Crippen LogP contribution is 2.03. The maximum absolute atomic E-state index is 10.0. The van der Waals surface area contributed by atoms with E-state index in [0.717, 1.165) is 19.1 Å². The minimum atomic E-state index is 0.686. The summed E-state index contributed by atoms with van der Waals surface area (Å²) in [6, 6.07) is 0. The lowest BCUT2D eigenvalue weighted by Gasteiger charge is -1.93. The van der Waals surface area contributed by atoms with Crippen LogP contribution in [0.2, 0.25) is 0 Å². The summed E-state index contributed by atoms with van der Waals surface area (Å²) in [5.41, 5.74) is 0. The van der Waals surface area contributed by atoms with E-state index >= 15 is 0 Å². The summed E-state index contributed by atoms with van der Waals surface area (Å²) in [5, 5.41) is 0. The first-order valence-electron chi connectivity index (χ1n) is 6.17. The molecule has 0 radical (unpaired) electrons. The molecule has 86 valence electrons. The van der Waals surface area contributed by atoms with Gasteiger partial charge in [-0.3, -0.25) is 0 Å². The van der Waals surface area contributed by atoms with Crippen molar-refractivity contribution >= 4 is 6.29 Å². The topological polar surface area (TPSA) is 17.1 Å². The average Bonchev–Trinajstić information content (AvgIpc) is 2.26. The molecule has 0 saturated heterocycles. The van der Waals surface area contributed by atoms with Crippen LogP contribution in [0.1, 0.15) is 58.3 Å². The molecule has 0 spiro atoms. The van der Waals surface area contributed by atoms with Gasteiger partial charge in [0, 0.05) is 6.42 Å². The maximum atomic E-state index is 10.0. The Labute approximate surface area is 94.3 Å². The lowest BCUT2D eigenvalue weighted by molar-refractivity contribution is -0.107. The Balaban J connectivity index is 3.18. The molecule has 1 heteroatoms. The fourth-order valence-corrected chi connectivity index (χ4v) is 1.36. The number of rotatable bonds is 10. The SMILES string of the molecule is CCCCCCC=CC=CCCCC=O. The maximum Gasteiger partial charge on any atom is 0.120 e. The largest absolute Gasteiger partial charge is 0.303 e. The second kappa shape index (κ2) is 13.2. The fraction of sp³-hybridized carbons (Fsp3) is 0.643. The second-order valence-corrected chi connectivity index (χ2v) is 3.80. The summed E-state index contributed by atoms with van der Waals surface area (Å²) in [4.78, 5) is 10.0. The van der Waals surface area contributed by atoms with Crippen LogP contribution >= 0.6 is 0 Å². The number of aldehydes is 1. The van der Waals surface area contributed by atoms with Crippen LogP contribution in [0.5, 0.6) is 0 Å². The van der Waals surface area contributed by atoms with Crippen molar-refractivity contribution in [3.63, 3.8) is 0 Å². The number of hydrogen-bond acceptors (Lipinski definition) is 1. The van der Waals surface area contributed by atoms with E-state index in [4.69, 9.17) is 0 Å². The van der Waals surface area contributed by atoms with Gasteiger partial charge in [-0.05, 0) is 25.7 Å². The van der Waals surface area contributed by atoms with E-state index in [2.05, 4.69) is 31.2 Å². The molecular weight excluding hydrogens is 184 g/mol. The monoisotopic (exact) mass is 208 g/mol. The average molecular weight is 208 g/mol. The first-order chi connectivity index (χ1) is 7.41. The van der Waals surface area contributed by atoms with Gasteiger partial charge in [-0.2, -0.15) is 0 Å². The first kappa shape index (κ1) is 14.2. The van der Waals surface area contributed by atoms with E-state index in [1.54, 1.807) is 0 Å². The number of hydrogen-bond donors (Lipinski definition) is 0. The predicted octanol–water partition coefficient (Wildman–Crippen LogP) is 4.44. The van der Waals surface area contributed by atoms with Crippen LogP contribution in [0.15, 0.2) is 24.3 Å². The molecule has 0 unspecified atom stereocenters. The zero-order valence-electron chi connectivity index (χ0n) is 9.95. The van der Waals surface area contributed by atoms with E-state index < -0.39 is 0 Å². The molecule has 0 amide bonds. The molecule has 0 bridgehead atoms. The van der Waals surface area contributed by atoms with Crippen molar-refractivity contribution in [2.45, 2.75) is 58.3 Å². The number of carbonyl (C=O) groups is 1. The van der Waals surface area contributed by atoms with Crippen molar-refractivity contribution in [3.8, 4) is 0 Å². The van der Waals surface area contributed by atoms with Crippen LogP contribution in [0.25, 0.3) is 0 Å². The molecule has 0 rings (SSSR count). The van der Waals surface area contributed by atoms with E-state index in [-0.39, 0.29) is 0 Å². The molecule has 0 aliphatic heterocycles. The van der Waals surface area contributed by atoms with E-state index in [1.165, 1.54) is 32.1 Å². The predicted molar refractivity (Wildman–Crippen MR) is 67.0 cm³/mol. The highest BCUT2D eigenvalue weighted by Gasteiger charge is 1.83. The number of carbonyl (C=O) groups excluding carboxylic acids is 1. The van der Waals surface area contributed by atoms with Gasteiger partial charge in [0.15, 0.2) is 0 Å². The number of unbranched alkanes of at least 4 members (excludes halogenated alkanes) is 6. The quantitative estimate of drug-likeness (QED) is 0.295. The Morgan fingerprint density at radius 2 is 1.47 bits per heavy atom. The third-order valence-corrected chi connectivity index (χ3v) is 2.30. The van der Waals surface area contributed by atoms with Crippen LogP contribution in [0.4, 0.5) is 0 Å². The van der Waals surface area contributed by atoms with Gasteiger partial charge in [-0.15, -0.1) is 0 Å². The highest BCUT2D eigenvalue weighted by molar-refractivity contribution is 5.49. The van der Waals surface area contributed by atoms with Gasteiger partial charge in [-0.1, -0.05) is 50.5 Å². The van der Waals surface area contributed by atoms with E-state index in [1.807, 2.05) is 0 Å². The van der Waals surface area contributed by atoms with Gasteiger partial charge in [0.2, 0.25) is 0 Å². The minimum absolute atomic E-state index is 0.686. The molecule has 0 aromatic heterocycles. The van der Waals surface area contributed by atoms with Gasteiger partial charge < -0.3 is 4.79 Å². The summed E-state index contributed by atoms with van der Waals surface area (Å²) in [6.07, 6.45) is 18.7. The molecule has 0 aliphatic carbocycles. The van der Waals surface area contributed by atoms with Gasteiger partial charge in [0.1, 0.15) is 6.29 Å². The molecular formula is C14H24O. The third kappa shape index (κ3) is 13.2. The summed E-state index contributed by atoms with van der Waals surface area (Å²) in [6.45, 7) is 2.23. The minimum Gasteiger partial charge on any atom is -0.303 e. The lowest BCUT2D eigenvalue weighted by atomic mass is 10.1. The molecule has 0 aromatic carbocycles. The van der Waals surface area contributed by atoms with Crippen molar-refractivity contribution in [2.75, 3.05) is 0 Å². The molecule has 0 saturated carbocycles. The fourth-order valence-electron chi connectivity index (χ4n) is 1.36. The summed E-state index contributed by atoms with van der Waals surface area (Å²) < 4.78 is 0. The lowest BCUT2D eigenvalue weighted by Crippen LogP contribution is -1.74. The molecule has 0 atom stereocenters. The zero-order chi connectivity index (χ0) is 11.2. The Morgan fingerprint density at radius 1 is 0.800 bits per heavy atom. The van der Waals surface area contributed by atoms with Crippen molar-refractivity contribution in [3.05, 3.63) is 24.3 Å². The Bertz CT molecular complexity index is 180. The highest BCUT2D eigenvalue weighted by atomic mass is 16.1. The van der Waals surface area contributed by atoms with Crippen molar-refractivity contribution in [1.29, 1.82) is 0 Å². The Hall–Kier alpha value is -0.850. The van der Waals surface area contributed by atoms with E-state index in [9.17, 15) is 4.79 Å². The molecule has 0 aromatic rings. The molecule has 0 N–H and O–H groups in total. The smallest absolute Gasteiger partial charge is 0.120 e. The van der Waals surface area contributed by atoms with Crippen molar-refractivity contribution in [1.82, 2.24) is 0 Å². The molecule has 1 nitrogen and oxygen atoms in total. The summed E-state index contributed by atoms with van der Waals surface area (Å²) >= 11 is 0. The Morgan fingerprint density at radius 3 is 2.07 bits per heavy atom. The third-order valence-electron chi connectivity index (χ3n) is 2.30. The molecule has 0 aliphatic rings. The van der Waals surface area contributed by atoms with Gasteiger partial charge in [0.25, 0.3) is 0 Å². The van der Waals surface area contributed by atoms with Gasteiger partial charge in [0.05, 0.1) is 0 Å². The van der Waals surface area contributed by atoms with Gasteiger partial charge in [-0.25, -0.2) is 0 Å². The van der Waals surface area contributed by atoms with Crippen LogP contribution in [0.3, 0.4) is 0 Å². The summed E-state index contributed by atoms with van der Waals surface area (Å²) in [7, 11) is 0. The Kier molecular flexibility index (Phi) is 12.4. The van der Waals surface area contributed by atoms with Crippen LogP contribution < -0.4 is 0 Å². The molecule has 0 fully saturated rings. The second-order valence-electron chi connectivity index (χ2n) is 3.80. The van der Waals surface area contributed by atoms with E-state index in [0.29, 0.717) is 6.42 Å². The number of allylic oxidation sites excluding steroid dienone is 4. The normalized spacial score (nSPS) is 11.5. The molecule has 15 heavy (non-hydrogen) atoms. The standard InChI is InChI=1S/C14H24O/c1-2-3-4-5-6-7-8-9-10-11-12-13-14-15/h7-10,14H,2-6,11-13H2,1H3.